The molecule has 0 heterocycles. The van der Waals surface area contributed by atoms with E-state index in [1.54, 1.807) is 6.07 Å². The van der Waals surface area contributed by atoms with E-state index in [-0.39, 0.29) is 11.7 Å². The number of benzene rings is 1. The van der Waals surface area contributed by atoms with Gasteiger partial charge in [-0.3, -0.25) is 10.1 Å². The van der Waals surface area contributed by atoms with E-state index < -0.39 is 4.92 Å². The lowest BCUT2D eigenvalue weighted by Gasteiger charge is -2.12. The van der Waals surface area contributed by atoms with Crippen molar-refractivity contribution in [1.82, 2.24) is 5.32 Å². The van der Waals surface area contributed by atoms with Crippen molar-refractivity contribution in [2.24, 2.45) is 5.73 Å². The molecule has 1 rings (SSSR count). The molecule has 3 N–H and O–H groups in total. The molecule has 0 saturated carbocycles. The van der Waals surface area contributed by atoms with Gasteiger partial charge in [-0.25, -0.2) is 0 Å². The van der Waals surface area contributed by atoms with Crippen molar-refractivity contribution in [2.45, 2.75) is 19.5 Å². The average Bonchev–Trinajstić information content (AvgIpc) is 2.26. The van der Waals surface area contributed by atoms with Crippen LogP contribution in [0.15, 0.2) is 22.7 Å². The van der Waals surface area contributed by atoms with Crippen LogP contribution in [-0.2, 0) is 6.54 Å². The summed E-state index contributed by atoms with van der Waals surface area (Å²) in [7, 11) is 0. The highest BCUT2D eigenvalue weighted by Crippen LogP contribution is 2.28. The van der Waals surface area contributed by atoms with Crippen molar-refractivity contribution in [3.8, 4) is 0 Å². The molecule has 0 aromatic heterocycles. The summed E-state index contributed by atoms with van der Waals surface area (Å²) in [5.74, 6) is 0. The minimum absolute atomic E-state index is 0.0831. The summed E-state index contributed by atoms with van der Waals surface area (Å²) in [6.07, 6.45) is 0. The summed E-state index contributed by atoms with van der Waals surface area (Å²) >= 11 is 3.24. The predicted octanol–water partition coefficient (Wildman–Crippen LogP) is 1.79. The standard InChI is InChI=1S/C10H14BrN3O2/c1-7(5-12)13-6-8-3-2-4-9(10(8)11)14(15)16/h2-4,7,13H,5-6,12H2,1H3/t7-/m0/s1. The Balaban J connectivity index is 2.81. The molecule has 0 spiro atoms. The van der Waals surface area contributed by atoms with Crippen molar-refractivity contribution in [3.05, 3.63) is 38.3 Å². The van der Waals surface area contributed by atoms with Gasteiger partial charge in [-0.2, -0.15) is 0 Å². The Kier molecular flexibility index (Phi) is 4.85. The fourth-order valence-corrected chi connectivity index (χ4v) is 1.76. The lowest BCUT2D eigenvalue weighted by Crippen LogP contribution is -2.32. The maximum Gasteiger partial charge on any atom is 0.283 e. The van der Waals surface area contributed by atoms with Gasteiger partial charge in [0.15, 0.2) is 0 Å². The highest BCUT2D eigenvalue weighted by Gasteiger charge is 2.14. The first kappa shape index (κ1) is 13.1. The van der Waals surface area contributed by atoms with E-state index in [2.05, 4.69) is 21.2 Å². The first-order chi connectivity index (χ1) is 7.56. The van der Waals surface area contributed by atoms with Crippen LogP contribution in [0.1, 0.15) is 12.5 Å². The molecule has 0 saturated heterocycles. The van der Waals surface area contributed by atoms with E-state index in [1.165, 1.54) is 6.07 Å². The Labute approximate surface area is 102 Å². The first-order valence-corrected chi connectivity index (χ1v) is 5.70. The molecular weight excluding hydrogens is 274 g/mol. The Morgan fingerprint density at radius 2 is 2.31 bits per heavy atom. The van der Waals surface area contributed by atoms with Gasteiger partial charge in [0, 0.05) is 25.2 Å². The summed E-state index contributed by atoms with van der Waals surface area (Å²) in [6.45, 7) is 3.05. The predicted molar refractivity (Wildman–Crippen MR) is 66.2 cm³/mol. The first-order valence-electron chi connectivity index (χ1n) is 4.91. The van der Waals surface area contributed by atoms with Crippen LogP contribution in [0.5, 0.6) is 0 Å². The molecule has 1 aromatic rings. The monoisotopic (exact) mass is 287 g/mol. The van der Waals surface area contributed by atoms with E-state index in [1.807, 2.05) is 13.0 Å². The van der Waals surface area contributed by atoms with Crippen LogP contribution in [0.4, 0.5) is 5.69 Å². The zero-order valence-electron chi connectivity index (χ0n) is 8.94. The van der Waals surface area contributed by atoms with Crippen LogP contribution < -0.4 is 11.1 Å². The molecule has 1 aromatic carbocycles. The highest BCUT2D eigenvalue weighted by atomic mass is 79.9. The molecule has 0 amide bonds. The SMILES string of the molecule is C[C@@H](CN)NCc1cccc([N+](=O)[O-])c1Br. The fraction of sp³-hybridized carbons (Fsp3) is 0.400. The van der Waals surface area contributed by atoms with E-state index >= 15 is 0 Å². The van der Waals surface area contributed by atoms with Crippen LogP contribution in [0.3, 0.4) is 0 Å². The molecule has 0 unspecified atom stereocenters. The third-order valence-electron chi connectivity index (χ3n) is 2.25. The highest BCUT2D eigenvalue weighted by molar-refractivity contribution is 9.10. The number of nitrogens with two attached hydrogens (primary N) is 1. The average molecular weight is 288 g/mol. The molecular formula is C10H14BrN3O2. The van der Waals surface area contributed by atoms with Crippen LogP contribution in [-0.4, -0.2) is 17.5 Å². The van der Waals surface area contributed by atoms with Gasteiger partial charge in [-0.05, 0) is 28.4 Å². The van der Waals surface area contributed by atoms with Crippen LogP contribution >= 0.6 is 15.9 Å². The second-order valence-corrected chi connectivity index (χ2v) is 4.32. The van der Waals surface area contributed by atoms with Gasteiger partial charge in [0.25, 0.3) is 5.69 Å². The molecule has 5 nitrogen and oxygen atoms in total. The van der Waals surface area contributed by atoms with E-state index in [9.17, 15) is 10.1 Å². The number of hydrogen-bond donors (Lipinski definition) is 2. The van der Waals surface area contributed by atoms with Gasteiger partial charge in [0.2, 0.25) is 0 Å². The zero-order valence-corrected chi connectivity index (χ0v) is 10.5. The van der Waals surface area contributed by atoms with Crippen molar-refractivity contribution in [3.63, 3.8) is 0 Å². The molecule has 16 heavy (non-hydrogen) atoms. The van der Waals surface area contributed by atoms with E-state index in [0.717, 1.165) is 5.56 Å². The number of nitrogens with zero attached hydrogens (tertiary/aromatic N) is 1. The Morgan fingerprint density at radius 3 is 2.88 bits per heavy atom. The van der Waals surface area contributed by atoms with Crippen molar-refractivity contribution < 1.29 is 4.92 Å². The number of nitro groups is 1. The van der Waals surface area contributed by atoms with Crippen LogP contribution in [0, 0.1) is 10.1 Å². The van der Waals surface area contributed by atoms with Gasteiger partial charge in [-0.1, -0.05) is 12.1 Å². The smallest absolute Gasteiger partial charge is 0.283 e. The summed E-state index contributed by atoms with van der Waals surface area (Å²) in [5.41, 5.74) is 6.41. The minimum atomic E-state index is -0.403. The van der Waals surface area contributed by atoms with Gasteiger partial charge in [0.05, 0.1) is 9.40 Å². The summed E-state index contributed by atoms with van der Waals surface area (Å²) in [5, 5.41) is 13.9. The largest absolute Gasteiger partial charge is 0.329 e. The van der Waals surface area contributed by atoms with Gasteiger partial charge < -0.3 is 11.1 Å². The molecule has 6 heteroatoms. The van der Waals surface area contributed by atoms with E-state index in [0.29, 0.717) is 17.6 Å². The summed E-state index contributed by atoms with van der Waals surface area (Å²) in [6, 6.07) is 5.17. The Hall–Kier alpha value is -0.980. The number of hydrogen-bond acceptors (Lipinski definition) is 4. The zero-order chi connectivity index (χ0) is 12.1. The maximum absolute atomic E-state index is 10.7. The summed E-state index contributed by atoms with van der Waals surface area (Å²) in [4.78, 5) is 10.3. The molecule has 0 aliphatic carbocycles. The lowest BCUT2D eigenvalue weighted by molar-refractivity contribution is -0.385. The quantitative estimate of drug-likeness (QED) is 0.639. The number of nitro benzene ring substituents is 1. The maximum atomic E-state index is 10.7. The normalized spacial score (nSPS) is 12.4. The molecule has 0 aliphatic heterocycles. The second-order valence-electron chi connectivity index (χ2n) is 3.53. The number of nitrogens with one attached hydrogen (secondary N) is 1. The third-order valence-corrected chi connectivity index (χ3v) is 3.17. The molecule has 1 atom stereocenters. The third kappa shape index (κ3) is 3.26. The van der Waals surface area contributed by atoms with Gasteiger partial charge in [-0.15, -0.1) is 0 Å². The van der Waals surface area contributed by atoms with Crippen molar-refractivity contribution in [1.29, 1.82) is 0 Å². The topological polar surface area (TPSA) is 81.2 Å². The molecule has 88 valence electrons. The fourth-order valence-electron chi connectivity index (χ4n) is 1.21. The summed E-state index contributed by atoms with van der Waals surface area (Å²) < 4.78 is 0.525. The minimum Gasteiger partial charge on any atom is -0.329 e. The van der Waals surface area contributed by atoms with Crippen LogP contribution in [0.25, 0.3) is 0 Å². The number of halogens is 1. The van der Waals surface area contributed by atoms with Crippen molar-refractivity contribution >= 4 is 21.6 Å². The van der Waals surface area contributed by atoms with Crippen LogP contribution in [0.2, 0.25) is 0 Å². The van der Waals surface area contributed by atoms with Gasteiger partial charge in [0.1, 0.15) is 0 Å². The second kappa shape index (κ2) is 5.93. The van der Waals surface area contributed by atoms with Gasteiger partial charge >= 0.3 is 0 Å². The Bertz CT molecular complexity index is 384. The Morgan fingerprint density at radius 1 is 1.62 bits per heavy atom. The molecule has 0 radical (unpaired) electrons. The van der Waals surface area contributed by atoms with Crippen molar-refractivity contribution in [2.75, 3.05) is 6.54 Å². The molecule has 0 bridgehead atoms. The molecule has 0 aliphatic rings. The molecule has 0 fully saturated rings. The number of rotatable bonds is 5. The lowest BCUT2D eigenvalue weighted by atomic mass is 10.2. The van der Waals surface area contributed by atoms with E-state index in [4.69, 9.17) is 5.73 Å².